The molecule has 0 saturated carbocycles. The first-order valence-corrected chi connectivity index (χ1v) is 6.99. The van der Waals surface area contributed by atoms with E-state index in [4.69, 9.17) is 0 Å². The first-order chi connectivity index (χ1) is 9.77. The summed E-state index contributed by atoms with van der Waals surface area (Å²) in [5.74, 6) is -3.39. The number of hydrogen-bond acceptors (Lipinski definition) is 2. The van der Waals surface area contributed by atoms with Gasteiger partial charge in [0.15, 0.2) is 0 Å². The monoisotopic (exact) mass is 369 g/mol. The third-order valence-electron chi connectivity index (χ3n) is 3.13. The van der Waals surface area contributed by atoms with Crippen LogP contribution in [-0.4, -0.2) is 36.4 Å². The molecule has 0 atom stereocenters. The van der Waals surface area contributed by atoms with Gasteiger partial charge in [-0.25, -0.2) is 8.78 Å². The van der Waals surface area contributed by atoms with E-state index in [2.05, 4.69) is 20.7 Å². The van der Waals surface area contributed by atoms with Crippen molar-refractivity contribution in [2.75, 3.05) is 13.1 Å². The summed E-state index contributed by atoms with van der Waals surface area (Å²) in [6.45, 7) is -3.14. The van der Waals surface area contributed by atoms with E-state index in [9.17, 15) is 22.4 Å². The second-order valence-electron chi connectivity index (χ2n) is 4.70. The summed E-state index contributed by atoms with van der Waals surface area (Å²) in [7, 11) is 0. The van der Waals surface area contributed by atoms with Crippen LogP contribution in [0.25, 0.3) is 0 Å². The molecular weight excluding hydrogens is 358 g/mol. The highest BCUT2D eigenvalue weighted by atomic mass is 79.9. The van der Waals surface area contributed by atoms with Gasteiger partial charge in [-0.05, 0) is 18.2 Å². The van der Waals surface area contributed by atoms with Gasteiger partial charge in [0.25, 0.3) is 11.8 Å². The Labute approximate surface area is 127 Å². The van der Waals surface area contributed by atoms with Crippen LogP contribution in [0.4, 0.5) is 17.6 Å². The molecule has 21 heavy (non-hydrogen) atoms. The lowest BCUT2D eigenvalue weighted by molar-refractivity contribution is -0.0513. The molecule has 1 aromatic carbocycles. The van der Waals surface area contributed by atoms with Crippen LogP contribution in [0.2, 0.25) is 0 Å². The normalized spacial score (nSPS) is 17.9. The lowest BCUT2D eigenvalue weighted by Crippen LogP contribution is -2.42. The molecule has 1 heterocycles. The molecule has 1 fully saturated rings. The average Bonchev–Trinajstić information content (AvgIpc) is 2.36. The van der Waals surface area contributed by atoms with E-state index in [1.165, 1.54) is 23.1 Å². The topological polar surface area (TPSA) is 29.5 Å². The molecule has 0 aromatic heterocycles. The predicted molar refractivity (Wildman–Crippen MR) is 70.9 cm³/mol. The van der Waals surface area contributed by atoms with Crippen molar-refractivity contribution < 1.29 is 27.1 Å². The number of benzene rings is 1. The summed E-state index contributed by atoms with van der Waals surface area (Å²) in [4.78, 5) is 13.5. The molecule has 1 aromatic rings. The Bertz CT molecular complexity index is 529. The largest absolute Gasteiger partial charge is 0.435 e. The fraction of sp³-hybridized carbons (Fsp3) is 0.462. The zero-order chi connectivity index (χ0) is 15.6. The molecule has 2 rings (SSSR count). The second kappa shape index (κ2) is 6.21. The highest BCUT2D eigenvalue weighted by molar-refractivity contribution is 9.10. The number of nitrogens with zero attached hydrogens (tertiary/aromatic N) is 1. The summed E-state index contributed by atoms with van der Waals surface area (Å²) >= 11 is 3.10. The standard InChI is InChI=1S/C13H12BrF4NO2/c14-9-5-8(6-10(7-9)21-12(15)16)11(20)19-3-1-13(17,18)2-4-19/h5-7,12H,1-4H2. The Morgan fingerprint density at radius 1 is 1.24 bits per heavy atom. The number of halogens is 5. The van der Waals surface area contributed by atoms with Crippen LogP contribution < -0.4 is 4.74 Å². The average molecular weight is 370 g/mol. The maximum atomic E-state index is 13.1. The van der Waals surface area contributed by atoms with Crippen molar-refractivity contribution in [1.82, 2.24) is 4.90 Å². The van der Waals surface area contributed by atoms with E-state index in [-0.39, 0.29) is 24.4 Å². The fourth-order valence-corrected chi connectivity index (χ4v) is 2.55. The van der Waals surface area contributed by atoms with Gasteiger partial charge < -0.3 is 9.64 Å². The number of rotatable bonds is 3. The Morgan fingerprint density at radius 2 is 1.86 bits per heavy atom. The van der Waals surface area contributed by atoms with Crippen molar-refractivity contribution in [2.24, 2.45) is 0 Å². The maximum absolute atomic E-state index is 13.1. The molecular formula is C13H12BrF4NO2. The molecule has 0 radical (unpaired) electrons. The Kier molecular flexibility index (Phi) is 4.75. The Morgan fingerprint density at radius 3 is 2.43 bits per heavy atom. The summed E-state index contributed by atoms with van der Waals surface area (Å²) in [5, 5.41) is 0. The van der Waals surface area contributed by atoms with Crippen LogP contribution in [-0.2, 0) is 0 Å². The van der Waals surface area contributed by atoms with Crippen molar-refractivity contribution >= 4 is 21.8 Å². The Balaban J connectivity index is 2.14. The molecule has 3 nitrogen and oxygen atoms in total. The molecule has 0 bridgehead atoms. The van der Waals surface area contributed by atoms with Crippen LogP contribution in [0.3, 0.4) is 0 Å². The van der Waals surface area contributed by atoms with Gasteiger partial charge in [-0.1, -0.05) is 15.9 Å². The van der Waals surface area contributed by atoms with E-state index in [1.54, 1.807) is 0 Å². The van der Waals surface area contributed by atoms with Gasteiger partial charge in [0.05, 0.1) is 0 Å². The molecule has 1 saturated heterocycles. The van der Waals surface area contributed by atoms with Crippen LogP contribution in [0, 0.1) is 0 Å². The molecule has 1 aliphatic rings. The first kappa shape index (κ1) is 16.1. The number of ether oxygens (including phenoxy) is 1. The van der Waals surface area contributed by atoms with E-state index < -0.39 is 31.3 Å². The van der Waals surface area contributed by atoms with E-state index >= 15 is 0 Å². The SMILES string of the molecule is O=C(c1cc(Br)cc(OC(F)F)c1)N1CCC(F)(F)CC1. The molecule has 1 aliphatic heterocycles. The van der Waals surface area contributed by atoms with Crippen LogP contribution in [0.5, 0.6) is 5.75 Å². The van der Waals surface area contributed by atoms with Gasteiger partial charge in [-0.15, -0.1) is 0 Å². The lowest BCUT2D eigenvalue weighted by atomic mass is 10.1. The van der Waals surface area contributed by atoms with Gasteiger partial charge >= 0.3 is 6.61 Å². The van der Waals surface area contributed by atoms with Gasteiger partial charge in [-0.2, -0.15) is 8.78 Å². The highest BCUT2D eigenvalue weighted by Gasteiger charge is 2.35. The summed E-state index contributed by atoms with van der Waals surface area (Å²) in [5.41, 5.74) is 0.116. The van der Waals surface area contributed by atoms with E-state index in [0.29, 0.717) is 4.47 Å². The first-order valence-electron chi connectivity index (χ1n) is 6.19. The molecule has 8 heteroatoms. The number of hydrogen-bond donors (Lipinski definition) is 0. The lowest BCUT2D eigenvalue weighted by Gasteiger charge is -2.31. The minimum Gasteiger partial charge on any atom is -0.435 e. The number of likely N-dealkylation sites (tertiary alicyclic amines) is 1. The van der Waals surface area contributed by atoms with Crippen LogP contribution in [0.15, 0.2) is 22.7 Å². The molecule has 0 spiro atoms. The van der Waals surface area contributed by atoms with Crippen LogP contribution >= 0.6 is 15.9 Å². The van der Waals surface area contributed by atoms with Gasteiger partial charge in [0, 0.05) is 36.0 Å². The quantitative estimate of drug-likeness (QED) is 0.755. The smallest absolute Gasteiger partial charge is 0.387 e. The van der Waals surface area contributed by atoms with Crippen molar-refractivity contribution in [3.8, 4) is 5.75 Å². The third-order valence-corrected chi connectivity index (χ3v) is 3.58. The van der Waals surface area contributed by atoms with Gasteiger partial charge in [0.2, 0.25) is 0 Å². The van der Waals surface area contributed by atoms with Gasteiger partial charge in [-0.3, -0.25) is 4.79 Å². The number of amides is 1. The molecule has 0 N–H and O–H groups in total. The minimum atomic E-state index is -3.00. The van der Waals surface area contributed by atoms with E-state index in [0.717, 1.165) is 0 Å². The Hall–Kier alpha value is -1.31. The highest BCUT2D eigenvalue weighted by Crippen LogP contribution is 2.29. The number of piperidine rings is 1. The number of alkyl halides is 4. The third kappa shape index (κ3) is 4.33. The zero-order valence-electron chi connectivity index (χ0n) is 10.8. The number of carbonyl (C=O) groups is 1. The molecule has 0 unspecified atom stereocenters. The van der Waals surface area contributed by atoms with Crippen LogP contribution in [0.1, 0.15) is 23.2 Å². The maximum Gasteiger partial charge on any atom is 0.387 e. The molecule has 116 valence electrons. The van der Waals surface area contributed by atoms with Crippen molar-refractivity contribution in [2.45, 2.75) is 25.4 Å². The summed E-state index contributed by atoms with van der Waals surface area (Å²) in [6.07, 6.45) is -0.791. The summed E-state index contributed by atoms with van der Waals surface area (Å²) < 4.78 is 55.2. The number of carbonyl (C=O) groups excluding carboxylic acids is 1. The van der Waals surface area contributed by atoms with Crippen molar-refractivity contribution in [3.05, 3.63) is 28.2 Å². The zero-order valence-corrected chi connectivity index (χ0v) is 12.4. The fourth-order valence-electron chi connectivity index (χ4n) is 2.08. The summed E-state index contributed by atoms with van der Waals surface area (Å²) in [6, 6.07) is 3.91. The van der Waals surface area contributed by atoms with E-state index in [1.807, 2.05) is 0 Å². The molecule has 0 aliphatic carbocycles. The second-order valence-corrected chi connectivity index (χ2v) is 5.62. The van der Waals surface area contributed by atoms with Crippen molar-refractivity contribution in [1.29, 1.82) is 0 Å². The predicted octanol–water partition coefficient (Wildman–Crippen LogP) is 3.92. The van der Waals surface area contributed by atoms with Crippen molar-refractivity contribution in [3.63, 3.8) is 0 Å². The minimum absolute atomic E-state index is 0.0661. The molecule has 1 amide bonds. The van der Waals surface area contributed by atoms with Gasteiger partial charge in [0.1, 0.15) is 5.75 Å².